The van der Waals surface area contributed by atoms with Crippen molar-refractivity contribution >= 4 is 10.0 Å². The first kappa shape index (κ1) is 59.3. The lowest BCUT2D eigenvalue weighted by atomic mass is 9.49. The highest BCUT2D eigenvalue weighted by molar-refractivity contribution is 7.89. The predicted octanol–water partition coefficient (Wildman–Crippen LogP) is 11.7. The summed E-state index contributed by atoms with van der Waals surface area (Å²) in [7, 11) is -1.01. The van der Waals surface area contributed by atoms with Crippen LogP contribution in [0, 0.1) is 45.3 Å². The zero-order valence-electron chi connectivity index (χ0n) is 46.8. The molecule has 3 N–H and O–H groups in total. The molecule has 9 fully saturated rings. The van der Waals surface area contributed by atoms with Gasteiger partial charge in [0, 0.05) is 67.4 Å². The number of ether oxygens (including phenoxy) is 5. The second-order valence-corrected chi connectivity index (χ2v) is 30.5. The molecule has 22 heteroatoms. The van der Waals surface area contributed by atoms with E-state index in [-0.39, 0.29) is 60.2 Å². The number of fused-ring (bicyclic) bond motifs is 7. The third-order valence-corrected chi connectivity index (χ3v) is 24.1. The van der Waals surface area contributed by atoms with E-state index < -0.39 is 121 Å². The van der Waals surface area contributed by atoms with Crippen LogP contribution in [-0.2, 0) is 33.7 Å². The molecular weight excluding hydrogens is 1090 g/mol. The van der Waals surface area contributed by atoms with Crippen LogP contribution in [0.15, 0.2) is 52.0 Å². The van der Waals surface area contributed by atoms with Crippen LogP contribution in [0.5, 0.6) is 0 Å². The van der Waals surface area contributed by atoms with E-state index >= 15 is 8.78 Å². The summed E-state index contributed by atoms with van der Waals surface area (Å²) in [5.41, 5.74) is -9.21. The summed E-state index contributed by atoms with van der Waals surface area (Å²) in [6.07, 6.45) is -6.43. The minimum absolute atomic E-state index is 0.00519. The SMILES string of the molecule is CC1(C)COC2(CCC34OC3(CC[C@@H]3C4=CC[C@@]4(C)[C@H]3CC[C@@]4(O)C(F)(F)C(F)(F)F)C2)OC1.CN(C)S(=O)(=O)c1ccc([C@H]2C[C@@]3(C)C(CC[C@@]3(O)C(F)(F)C(F)(F)F)C3CC[C@@]4(O)CC5(CCC4=C32)OCC(C)(C)CO5)cc1. The maximum Gasteiger partial charge on any atom is 0.456 e. The maximum absolute atomic E-state index is 15.3. The van der Waals surface area contributed by atoms with Gasteiger partial charge in [-0.1, -0.05) is 65.3 Å². The molecule has 0 aromatic heterocycles. The smallest absolute Gasteiger partial charge is 0.385 e. The summed E-state index contributed by atoms with van der Waals surface area (Å²) in [6.45, 7) is 13.1. The molecule has 1 aromatic rings. The van der Waals surface area contributed by atoms with Crippen molar-refractivity contribution in [1.82, 2.24) is 4.31 Å². The summed E-state index contributed by atoms with van der Waals surface area (Å²) in [4.78, 5) is 0.00519. The molecule has 6 saturated carbocycles. The van der Waals surface area contributed by atoms with Crippen molar-refractivity contribution < 1.29 is 91.3 Å². The van der Waals surface area contributed by atoms with Crippen molar-refractivity contribution in [2.24, 2.45) is 45.3 Å². The van der Waals surface area contributed by atoms with Crippen molar-refractivity contribution in [2.75, 3.05) is 40.5 Å². The number of alkyl halides is 10. The topological polar surface area (TPSA) is 148 Å². The molecule has 80 heavy (non-hydrogen) atoms. The molecule has 450 valence electrons. The highest BCUT2D eigenvalue weighted by Crippen LogP contribution is 2.76. The molecule has 4 unspecified atom stereocenters. The Kier molecular flexibility index (Phi) is 13.2. The molecule has 8 aliphatic carbocycles. The molecule has 12 atom stereocenters. The van der Waals surface area contributed by atoms with E-state index in [9.17, 15) is 58.9 Å². The number of halogens is 10. The Morgan fingerprint density at radius 1 is 0.600 bits per heavy atom. The Morgan fingerprint density at radius 3 is 1.62 bits per heavy atom. The number of benzene rings is 1. The molecule has 0 amide bonds. The third kappa shape index (κ3) is 8.19. The predicted molar refractivity (Wildman–Crippen MR) is 269 cm³/mol. The molecular formula is C58H77F10NO10S. The van der Waals surface area contributed by atoms with Gasteiger partial charge in [0.05, 0.1) is 36.9 Å². The lowest BCUT2D eigenvalue weighted by Gasteiger charge is -2.59. The Bertz CT molecular complexity index is 2820. The second-order valence-electron chi connectivity index (χ2n) is 28.3. The van der Waals surface area contributed by atoms with Crippen LogP contribution in [0.25, 0.3) is 0 Å². The summed E-state index contributed by atoms with van der Waals surface area (Å²) >= 11 is 0. The number of aliphatic hydroxyl groups is 3. The monoisotopic (exact) mass is 1170 g/mol. The van der Waals surface area contributed by atoms with E-state index in [1.807, 2.05) is 19.9 Å². The van der Waals surface area contributed by atoms with Crippen LogP contribution in [0.4, 0.5) is 43.9 Å². The van der Waals surface area contributed by atoms with Gasteiger partial charge in [-0.15, -0.1) is 0 Å². The first-order valence-corrected chi connectivity index (χ1v) is 29.8. The van der Waals surface area contributed by atoms with Crippen LogP contribution in [0.1, 0.15) is 156 Å². The van der Waals surface area contributed by atoms with Crippen molar-refractivity contribution in [1.29, 1.82) is 0 Å². The fourth-order valence-electron chi connectivity index (χ4n) is 17.7. The van der Waals surface area contributed by atoms with Crippen molar-refractivity contribution in [3.05, 3.63) is 52.6 Å². The molecule has 3 saturated heterocycles. The molecule has 12 rings (SSSR count). The third-order valence-electron chi connectivity index (χ3n) is 22.3. The highest BCUT2D eigenvalue weighted by atomic mass is 32.2. The van der Waals surface area contributed by atoms with Crippen molar-refractivity contribution in [2.45, 2.75) is 219 Å². The van der Waals surface area contributed by atoms with Crippen LogP contribution in [0.2, 0.25) is 0 Å². The highest BCUT2D eigenvalue weighted by Gasteiger charge is 2.83. The molecule has 11 aliphatic rings. The number of nitrogens with zero attached hydrogens (tertiary/aromatic N) is 1. The summed E-state index contributed by atoms with van der Waals surface area (Å²) in [6, 6.07) is 5.94. The molecule has 0 bridgehead atoms. The van der Waals surface area contributed by atoms with Crippen LogP contribution in [-0.4, -0.2) is 132 Å². The first-order chi connectivity index (χ1) is 36.6. The lowest BCUT2D eigenvalue weighted by Crippen LogP contribution is -2.65. The van der Waals surface area contributed by atoms with E-state index in [0.29, 0.717) is 83.4 Å². The molecule has 3 heterocycles. The fraction of sp³-hybridized carbons (Fsp3) is 0.828. The Morgan fingerprint density at radius 2 is 1.10 bits per heavy atom. The minimum atomic E-state index is -5.95. The number of hydrogen-bond acceptors (Lipinski definition) is 10. The Balaban J connectivity index is 0.000000176. The molecule has 0 radical (unpaired) electrons. The normalized spacial score (nSPS) is 42.4. The van der Waals surface area contributed by atoms with E-state index in [1.165, 1.54) is 40.1 Å². The number of hydrogen-bond donors (Lipinski definition) is 3. The average molecular weight is 1170 g/mol. The standard InChI is InChI=1S/C33H44F5NO6S.C25H33F5O4/c1-27(2)18-44-30(45-19-27)14-11-25-26-22(10-13-29(25,40)17-30)24-12-15-31(41,32(34,35)33(36,37)38)28(24,3)16-23(26)20-6-8-21(9-7-20)46(42,43)39(4)5;1-18(2)13-32-21(33-14-18)10-11-22-17-5-7-19(3)16(15(17)4-8-20(22,12-21)34-22)6-9-23(19,31)24(26,27)25(28,29)30/h6-9,22-24,40-41H,10-19H2,1-5H3;5,15-16,31H,4,6-14H2,1-3H3/t22?,23-,24?,28+,29-,31+;15-,16-,19-,20?,22?,23-/m10/s1. The maximum atomic E-state index is 15.3. The van der Waals surface area contributed by atoms with E-state index in [1.54, 1.807) is 12.1 Å². The largest absolute Gasteiger partial charge is 0.456 e. The van der Waals surface area contributed by atoms with Crippen LogP contribution < -0.4 is 0 Å². The molecule has 2 spiro atoms. The van der Waals surface area contributed by atoms with Gasteiger partial charge >= 0.3 is 24.2 Å². The number of allylic oxidation sites excluding steroid dienone is 2. The second kappa shape index (κ2) is 17.8. The van der Waals surface area contributed by atoms with Gasteiger partial charge in [0.1, 0.15) is 22.4 Å². The van der Waals surface area contributed by atoms with Gasteiger partial charge in [-0.2, -0.15) is 43.9 Å². The summed E-state index contributed by atoms with van der Waals surface area (Å²) in [5.74, 6) is -14.6. The van der Waals surface area contributed by atoms with Crippen LogP contribution >= 0.6 is 0 Å². The van der Waals surface area contributed by atoms with E-state index in [2.05, 4.69) is 13.8 Å². The molecule has 3 aliphatic heterocycles. The van der Waals surface area contributed by atoms with Gasteiger partial charge in [-0.3, -0.25) is 0 Å². The summed E-state index contributed by atoms with van der Waals surface area (Å²) in [5, 5.41) is 34.7. The van der Waals surface area contributed by atoms with Crippen molar-refractivity contribution in [3.63, 3.8) is 0 Å². The zero-order chi connectivity index (χ0) is 58.6. The number of rotatable bonds is 5. The fourth-order valence-corrected chi connectivity index (χ4v) is 18.6. The average Bonchev–Trinajstić information content (AvgIpc) is 4.02. The van der Waals surface area contributed by atoms with Gasteiger partial charge in [-0.05, 0) is 130 Å². The van der Waals surface area contributed by atoms with E-state index in [4.69, 9.17) is 23.7 Å². The number of epoxide rings is 1. The van der Waals surface area contributed by atoms with Crippen LogP contribution in [0.3, 0.4) is 0 Å². The van der Waals surface area contributed by atoms with Gasteiger partial charge < -0.3 is 39.0 Å². The van der Waals surface area contributed by atoms with Gasteiger partial charge in [-0.25, -0.2) is 12.7 Å². The summed E-state index contributed by atoms with van der Waals surface area (Å²) < 4.78 is 200. The number of sulfonamides is 1. The quantitative estimate of drug-likeness (QED) is 0.148. The van der Waals surface area contributed by atoms with Gasteiger partial charge in [0.25, 0.3) is 0 Å². The minimum Gasteiger partial charge on any atom is -0.385 e. The zero-order valence-corrected chi connectivity index (χ0v) is 47.6. The first-order valence-electron chi connectivity index (χ1n) is 28.4. The molecule has 11 nitrogen and oxygen atoms in total. The van der Waals surface area contributed by atoms with Gasteiger partial charge in [0.2, 0.25) is 10.0 Å². The van der Waals surface area contributed by atoms with E-state index in [0.717, 1.165) is 21.0 Å². The Labute approximate surface area is 461 Å². The lowest BCUT2D eigenvalue weighted by molar-refractivity contribution is -0.362. The molecule has 1 aromatic carbocycles. The van der Waals surface area contributed by atoms with Crippen molar-refractivity contribution in [3.8, 4) is 0 Å². The van der Waals surface area contributed by atoms with Gasteiger partial charge in [0.15, 0.2) is 11.6 Å². The Hall–Kier alpha value is -2.41.